The van der Waals surface area contributed by atoms with Crippen LogP contribution in [0.2, 0.25) is 0 Å². The molecule has 1 unspecified atom stereocenters. The van der Waals surface area contributed by atoms with E-state index in [-0.39, 0.29) is 0 Å². The summed E-state index contributed by atoms with van der Waals surface area (Å²) in [4.78, 5) is 2.64. The first kappa shape index (κ1) is 13.6. The van der Waals surface area contributed by atoms with Crippen LogP contribution in [0, 0.1) is 5.92 Å². The normalized spacial score (nSPS) is 29.4. The summed E-state index contributed by atoms with van der Waals surface area (Å²) in [6, 6.07) is 12.1. The highest BCUT2D eigenvalue weighted by molar-refractivity contribution is 5.14. The number of nitrogens with two attached hydrogens (primary N) is 1. The van der Waals surface area contributed by atoms with Gasteiger partial charge in [-0.05, 0) is 51.1 Å². The standard InChI is InChI=1S/C16H26N2/c1-13-10-16(8-9-17)11-14(2)18(13)12-15-6-4-3-5-7-15/h3-7,13-14,16H,8-12,17H2,1-2H3/t13-,14+,16?. The fourth-order valence-electron chi connectivity index (χ4n) is 3.34. The first-order valence-electron chi connectivity index (χ1n) is 7.20. The van der Waals surface area contributed by atoms with Crippen LogP contribution in [-0.2, 0) is 6.54 Å². The van der Waals surface area contributed by atoms with E-state index < -0.39 is 0 Å². The molecule has 0 spiro atoms. The van der Waals surface area contributed by atoms with Gasteiger partial charge in [0.25, 0.3) is 0 Å². The lowest BCUT2D eigenvalue weighted by atomic mass is 9.85. The average molecular weight is 246 g/mol. The van der Waals surface area contributed by atoms with Crippen molar-refractivity contribution in [2.45, 2.75) is 51.7 Å². The zero-order valence-corrected chi connectivity index (χ0v) is 11.7. The van der Waals surface area contributed by atoms with Gasteiger partial charge in [0.15, 0.2) is 0 Å². The van der Waals surface area contributed by atoms with Crippen LogP contribution in [0.25, 0.3) is 0 Å². The number of piperidine rings is 1. The topological polar surface area (TPSA) is 29.3 Å². The molecule has 3 atom stereocenters. The molecule has 2 rings (SSSR count). The smallest absolute Gasteiger partial charge is 0.0239 e. The second kappa shape index (κ2) is 6.35. The SMILES string of the molecule is C[C@@H]1CC(CCN)C[C@H](C)N1Cc1ccccc1. The predicted molar refractivity (Wildman–Crippen MR) is 77.3 cm³/mol. The van der Waals surface area contributed by atoms with Crippen molar-refractivity contribution in [3.63, 3.8) is 0 Å². The molecular formula is C16H26N2. The monoisotopic (exact) mass is 246 g/mol. The molecule has 1 aliphatic rings. The molecular weight excluding hydrogens is 220 g/mol. The molecule has 0 aliphatic carbocycles. The van der Waals surface area contributed by atoms with Gasteiger partial charge in [0.1, 0.15) is 0 Å². The minimum atomic E-state index is 0.672. The van der Waals surface area contributed by atoms with Crippen molar-refractivity contribution in [1.82, 2.24) is 4.90 Å². The minimum absolute atomic E-state index is 0.672. The van der Waals surface area contributed by atoms with Gasteiger partial charge < -0.3 is 5.73 Å². The van der Waals surface area contributed by atoms with Gasteiger partial charge in [-0.15, -0.1) is 0 Å². The van der Waals surface area contributed by atoms with E-state index in [1.807, 2.05) is 0 Å². The van der Waals surface area contributed by atoms with Crippen LogP contribution in [0.15, 0.2) is 30.3 Å². The second-order valence-electron chi connectivity index (χ2n) is 5.77. The molecule has 2 nitrogen and oxygen atoms in total. The van der Waals surface area contributed by atoms with Crippen LogP contribution in [0.4, 0.5) is 0 Å². The number of nitrogens with zero attached hydrogens (tertiary/aromatic N) is 1. The minimum Gasteiger partial charge on any atom is -0.330 e. The largest absolute Gasteiger partial charge is 0.330 e. The van der Waals surface area contributed by atoms with Gasteiger partial charge in [-0.25, -0.2) is 0 Å². The lowest BCUT2D eigenvalue weighted by molar-refractivity contribution is 0.0608. The lowest BCUT2D eigenvalue weighted by Crippen LogP contribution is -2.46. The molecule has 1 aromatic rings. The number of hydrogen-bond acceptors (Lipinski definition) is 2. The zero-order valence-electron chi connectivity index (χ0n) is 11.7. The zero-order chi connectivity index (χ0) is 13.0. The van der Waals surface area contributed by atoms with Crippen LogP contribution >= 0.6 is 0 Å². The van der Waals surface area contributed by atoms with Gasteiger partial charge in [-0.1, -0.05) is 30.3 Å². The van der Waals surface area contributed by atoms with E-state index in [0.717, 1.165) is 19.0 Å². The van der Waals surface area contributed by atoms with Crippen molar-refractivity contribution in [1.29, 1.82) is 0 Å². The summed E-state index contributed by atoms with van der Waals surface area (Å²) in [7, 11) is 0. The van der Waals surface area contributed by atoms with E-state index in [0.29, 0.717) is 12.1 Å². The maximum atomic E-state index is 5.69. The van der Waals surface area contributed by atoms with E-state index in [1.54, 1.807) is 0 Å². The number of rotatable bonds is 4. The molecule has 0 bridgehead atoms. The number of likely N-dealkylation sites (tertiary alicyclic amines) is 1. The number of benzene rings is 1. The molecule has 1 aliphatic heterocycles. The molecule has 1 saturated heterocycles. The van der Waals surface area contributed by atoms with Crippen molar-refractivity contribution in [2.24, 2.45) is 11.7 Å². The van der Waals surface area contributed by atoms with E-state index in [1.165, 1.54) is 24.8 Å². The first-order chi connectivity index (χ1) is 8.70. The highest BCUT2D eigenvalue weighted by Gasteiger charge is 2.30. The number of hydrogen-bond donors (Lipinski definition) is 1. The molecule has 1 heterocycles. The molecule has 1 aromatic carbocycles. The summed E-state index contributed by atoms with van der Waals surface area (Å²) in [5.41, 5.74) is 7.12. The van der Waals surface area contributed by atoms with Gasteiger partial charge in [0.2, 0.25) is 0 Å². The highest BCUT2D eigenvalue weighted by Crippen LogP contribution is 2.30. The molecule has 100 valence electrons. The molecule has 0 amide bonds. The van der Waals surface area contributed by atoms with Crippen molar-refractivity contribution in [3.8, 4) is 0 Å². The summed E-state index contributed by atoms with van der Waals surface area (Å²) in [6.45, 7) is 6.64. The van der Waals surface area contributed by atoms with E-state index in [2.05, 4.69) is 49.1 Å². The molecule has 1 fully saturated rings. The molecule has 0 saturated carbocycles. The Labute approximate surface area is 111 Å². The Balaban J connectivity index is 1.97. The van der Waals surface area contributed by atoms with Crippen LogP contribution < -0.4 is 5.73 Å². The van der Waals surface area contributed by atoms with E-state index >= 15 is 0 Å². The van der Waals surface area contributed by atoms with Crippen LogP contribution in [0.5, 0.6) is 0 Å². The third-order valence-electron chi connectivity index (χ3n) is 4.26. The van der Waals surface area contributed by atoms with Crippen LogP contribution in [-0.4, -0.2) is 23.5 Å². The Morgan fingerprint density at radius 1 is 1.11 bits per heavy atom. The Bertz CT molecular complexity index is 337. The van der Waals surface area contributed by atoms with Gasteiger partial charge in [0, 0.05) is 18.6 Å². The molecule has 0 aromatic heterocycles. The van der Waals surface area contributed by atoms with Gasteiger partial charge >= 0.3 is 0 Å². The Morgan fingerprint density at radius 2 is 1.72 bits per heavy atom. The maximum Gasteiger partial charge on any atom is 0.0239 e. The summed E-state index contributed by atoms with van der Waals surface area (Å²) in [5, 5.41) is 0. The van der Waals surface area contributed by atoms with Crippen molar-refractivity contribution >= 4 is 0 Å². The molecule has 18 heavy (non-hydrogen) atoms. The second-order valence-corrected chi connectivity index (χ2v) is 5.77. The molecule has 2 heteroatoms. The van der Waals surface area contributed by atoms with E-state index in [9.17, 15) is 0 Å². The first-order valence-corrected chi connectivity index (χ1v) is 7.20. The fraction of sp³-hybridized carbons (Fsp3) is 0.625. The van der Waals surface area contributed by atoms with Crippen molar-refractivity contribution in [3.05, 3.63) is 35.9 Å². The van der Waals surface area contributed by atoms with Crippen LogP contribution in [0.1, 0.15) is 38.7 Å². The Hall–Kier alpha value is -0.860. The quantitative estimate of drug-likeness (QED) is 0.885. The van der Waals surface area contributed by atoms with Crippen molar-refractivity contribution in [2.75, 3.05) is 6.54 Å². The molecule has 2 N–H and O–H groups in total. The average Bonchev–Trinajstić information content (AvgIpc) is 2.36. The Morgan fingerprint density at radius 3 is 2.28 bits per heavy atom. The maximum absolute atomic E-state index is 5.69. The lowest BCUT2D eigenvalue weighted by Gasteiger charge is -2.42. The summed E-state index contributed by atoms with van der Waals surface area (Å²) >= 11 is 0. The van der Waals surface area contributed by atoms with Crippen molar-refractivity contribution < 1.29 is 0 Å². The third kappa shape index (κ3) is 3.33. The summed E-state index contributed by atoms with van der Waals surface area (Å²) in [5.74, 6) is 0.826. The van der Waals surface area contributed by atoms with E-state index in [4.69, 9.17) is 5.73 Å². The summed E-state index contributed by atoms with van der Waals surface area (Å²) in [6.07, 6.45) is 3.79. The van der Waals surface area contributed by atoms with Gasteiger partial charge in [0.05, 0.1) is 0 Å². The Kier molecular flexibility index (Phi) is 4.79. The van der Waals surface area contributed by atoms with Gasteiger partial charge in [-0.3, -0.25) is 4.90 Å². The molecule has 0 radical (unpaired) electrons. The van der Waals surface area contributed by atoms with Gasteiger partial charge in [-0.2, -0.15) is 0 Å². The fourth-order valence-corrected chi connectivity index (χ4v) is 3.34. The highest BCUT2D eigenvalue weighted by atomic mass is 15.2. The predicted octanol–water partition coefficient (Wildman–Crippen LogP) is 3.02. The third-order valence-corrected chi connectivity index (χ3v) is 4.26. The summed E-state index contributed by atoms with van der Waals surface area (Å²) < 4.78 is 0. The van der Waals surface area contributed by atoms with Crippen LogP contribution in [0.3, 0.4) is 0 Å².